The number of sulfonamides is 1. The molecule has 0 radical (unpaired) electrons. The van der Waals surface area contributed by atoms with Gasteiger partial charge in [-0.1, -0.05) is 25.4 Å². The highest BCUT2D eigenvalue weighted by Crippen LogP contribution is 2.30. The van der Waals surface area contributed by atoms with Gasteiger partial charge in [0.1, 0.15) is 18.0 Å². The number of nitrogens with zero attached hydrogens (tertiary/aromatic N) is 2. The lowest BCUT2D eigenvalue weighted by molar-refractivity contribution is 0.581. The molecule has 0 amide bonds. The molecule has 12 heteroatoms. The van der Waals surface area contributed by atoms with Gasteiger partial charge in [0.2, 0.25) is 10.0 Å². The van der Waals surface area contributed by atoms with Gasteiger partial charge in [-0.15, -0.1) is 0 Å². The Morgan fingerprint density at radius 1 is 0.909 bits per heavy atom. The number of sulfone groups is 1. The molecule has 2 aromatic carbocycles. The molecule has 1 aromatic heterocycles. The van der Waals surface area contributed by atoms with Crippen LogP contribution in [0.25, 0.3) is 0 Å². The van der Waals surface area contributed by atoms with E-state index in [-0.39, 0.29) is 33.0 Å². The summed E-state index contributed by atoms with van der Waals surface area (Å²) in [4.78, 5) is 8.21. The Labute approximate surface area is 198 Å². The molecule has 0 aliphatic heterocycles. The molecule has 0 saturated carbocycles. The molecule has 0 aliphatic rings. The van der Waals surface area contributed by atoms with Crippen LogP contribution < -0.4 is 15.4 Å². The Bertz CT molecular complexity index is 1350. The predicted octanol–water partition coefficient (Wildman–Crippen LogP) is 3.96. The Hall–Kier alpha value is -2.73. The summed E-state index contributed by atoms with van der Waals surface area (Å²) in [7, 11) is -6.20. The number of nitrogens with one attached hydrogen (secondary N) is 3. The molecule has 9 nitrogen and oxygen atoms in total. The number of hydrogen-bond donors (Lipinski definition) is 3. The van der Waals surface area contributed by atoms with Crippen molar-refractivity contribution in [1.29, 1.82) is 0 Å². The number of benzene rings is 2. The van der Waals surface area contributed by atoms with Crippen LogP contribution in [0, 0.1) is 5.92 Å². The molecular formula is C21H24ClN5O4S2. The van der Waals surface area contributed by atoms with E-state index in [9.17, 15) is 16.8 Å². The number of halogens is 1. The zero-order valence-electron chi connectivity index (χ0n) is 18.2. The van der Waals surface area contributed by atoms with Gasteiger partial charge in [0.25, 0.3) is 0 Å². The van der Waals surface area contributed by atoms with E-state index in [1.165, 1.54) is 31.6 Å². The topological polar surface area (TPSA) is 130 Å². The molecule has 1 heterocycles. The highest BCUT2D eigenvalue weighted by atomic mass is 35.5. The first-order valence-electron chi connectivity index (χ1n) is 9.92. The number of anilines is 4. The monoisotopic (exact) mass is 509 g/mol. The summed E-state index contributed by atoms with van der Waals surface area (Å²) in [6.07, 6.45) is 1.30. The molecule has 176 valence electrons. The van der Waals surface area contributed by atoms with Crippen LogP contribution in [0.2, 0.25) is 5.02 Å². The third-order valence-electron chi connectivity index (χ3n) is 4.46. The van der Waals surface area contributed by atoms with Crippen LogP contribution >= 0.6 is 11.6 Å². The van der Waals surface area contributed by atoms with Crippen molar-refractivity contribution in [2.24, 2.45) is 5.92 Å². The highest BCUT2D eigenvalue weighted by Gasteiger charge is 2.23. The molecule has 0 bridgehead atoms. The maximum atomic E-state index is 13.0. The Morgan fingerprint density at radius 2 is 1.55 bits per heavy atom. The summed E-state index contributed by atoms with van der Waals surface area (Å²) in [6.45, 7) is 3.59. The maximum absolute atomic E-state index is 13.0. The summed E-state index contributed by atoms with van der Waals surface area (Å²) >= 11 is 5.91. The van der Waals surface area contributed by atoms with Crippen LogP contribution in [-0.2, 0) is 19.9 Å². The van der Waals surface area contributed by atoms with Gasteiger partial charge < -0.3 is 10.6 Å². The van der Waals surface area contributed by atoms with Crippen LogP contribution in [0.15, 0.2) is 64.6 Å². The zero-order chi connectivity index (χ0) is 24.2. The second-order valence-corrected chi connectivity index (χ2v) is 11.9. The lowest BCUT2D eigenvalue weighted by atomic mass is 10.3. The predicted molar refractivity (Wildman–Crippen MR) is 130 cm³/mol. The van der Waals surface area contributed by atoms with Crippen molar-refractivity contribution in [3.05, 3.63) is 59.9 Å². The Kier molecular flexibility index (Phi) is 7.58. The van der Waals surface area contributed by atoms with E-state index in [0.29, 0.717) is 10.8 Å². The van der Waals surface area contributed by atoms with Gasteiger partial charge in [0.15, 0.2) is 9.84 Å². The minimum Gasteiger partial charge on any atom is -0.340 e. The van der Waals surface area contributed by atoms with Crippen molar-refractivity contribution in [3.8, 4) is 0 Å². The van der Waals surface area contributed by atoms with Gasteiger partial charge in [-0.2, -0.15) is 0 Å². The average molecular weight is 510 g/mol. The van der Waals surface area contributed by atoms with Crippen molar-refractivity contribution in [1.82, 2.24) is 14.7 Å². The van der Waals surface area contributed by atoms with E-state index < -0.39 is 19.9 Å². The third kappa shape index (κ3) is 6.41. The van der Waals surface area contributed by atoms with Crippen molar-refractivity contribution >= 4 is 54.5 Å². The molecule has 3 aromatic rings. The minimum atomic E-state index is -3.79. The van der Waals surface area contributed by atoms with Gasteiger partial charge in [-0.25, -0.2) is 31.5 Å². The largest absolute Gasteiger partial charge is 0.340 e. The van der Waals surface area contributed by atoms with Crippen molar-refractivity contribution in [2.75, 3.05) is 23.4 Å². The van der Waals surface area contributed by atoms with E-state index in [0.717, 1.165) is 5.69 Å². The zero-order valence-corrected chi connectivity index (χ0v) is 20.6. The van der Waals surface area contributed by atoms with E-state index in [2.05, 4.69) is 25.3 Å². The van der Waals surface area contributed by atoms with Gasteiger partial charge in [-0.3, -0.25) is 0 Å². The quantitative estimate of drug-likeness (QED) is 0.395. The molecule has 3 rings (SSSR count). The molecule has 0 unspecified atom stereocenters. The molecule has 0 saturated heterocycles. The molecule has 0 aliphatic carbocycles. The molecule has 0 atom stereocenters. The summed E-state index contributed by atoms with van der Waals surface area (Å²) in [5.74, 6) is 0.520. The standard InChI is InChI=1S/C21H24ClN5O4S2/c1-14(2)12-32(28,29)19-9-8-17(33(30,31)23-3)10-18(19)27-21-11-20(24-13-25-21)26-16-6-4-15(22)5-7-16/h4-11,13-14,23H,12H2,1-3H3,(H2,24,25,26,27). The second kappa shape index (κ2) is 10.0. The summed E-state index contributed by atoms with van der Waals surface area (Å²) < 4.78 is 52.7. The van der Waals surface area contributed by atoms with Crippen molar-refractivity contribution in [2.45, 2.75) is 23.6 Å². The van der Waals surface area contributed by atoms with Gasteiger partial charge in [0.05, 0.1) is 21.2 Å². The normalized spacial score (nSPS) is 12.0. The van der Waals surface area contributed by atoms with Gasteiger partial charge in [0, 0.05) is 16.8 Å². The average Bonchev–Trinajstić information content (AvgIpc) is 2.74. The third-order valence-corrected chi connectivity index (χ3v) is 8.26. The van der Waals surface area contributed by atoms with E-state index in [1.54, 1.807) is 44.2 Å². The van der Waals surface area contributed by atoms with E-state index in [4.69, 9.17) is 11.6 Å². The summed E-state index contributed by atoms with van der Waals surface area (Å²) in [6, 6.07) is 12.4. The first-order chi connectivity index (χ1) is 15.5. The van der Waals surface area contributed by atoms with Crippen molar-refractivity contribution in [3.63, 3.8) is 0 Å². The Balaban J connectivity index is 2.00. The first-order valence-corrected chi connectivity index (χ1v) is 13.4. The fourth-order valence-corrected chi connectivity index (χ4v) is 5.66. The number of aromatic nitrogens is 2. The number of hydrogen-bond acceptors (Lipinski definition) is 8. The molecule has 0 fully saturated rings. The summed E-state index contributed by atoms with van der Waals surface area (Å²) in [5.41, 5.74) is 0.842. The number of rotatable bonds is 9. The molecular weight excluding hydrogens is 486 g/mol. The molecule has 33 heavy (non-hydrogen) atoms. The summed E-state index contributed by atoms with van der Waals surface area (Å²) in [5, 5.41) is 6.63. The fraction of sp³-hybridized carbons (Fsp3) is 0.238. The Morgan fingerprint density at radius 3 is 2.15 bits per heavy atom. The van der Waals surface area contributed by atoms with Crippen LogP contribution in [0.1, 0.15) is 13.8 Å². The van der Waals surface area contributed by atoms with E-state index in [1.807, 2.05) is 0 Å². The van der Waals surface area contributed by atoms with Crippen LogP contribution in [-0.4, -0.2) is 39.6 Å². The van der Waals surface area contributed by atoms with Gasteiger partial charge in [-0.05, 0) is 55.4 Å². The smallest absolute Gasteiger partial charge is 0.240 e. The van der Waals surface area contributed by atoms with Crippen LogP contribution in [0.4, 0.5) is 23.0 Å². The first kappa shape index (κ1) is 24.9. The fourth-order valence-electron chi connectivity index (χ4n) is 3.00. The van der Waals surface area contributed by atoms with Gasteiger partial charge >= 0.3 is 0 Å². The highest BCUT2D eigenvalue weighted by molar-refractivity contribution is 7.91. The maximum Gasteiger partial charge on any atom is 0.240 e. The molecule has 3 N–H and O–H groups in total. The van der Waals surface area contributed by atoms with Crippen LogP contribution in [0.3, 0.4) is 0 Å². The molecule has 0 spiro atoms. The second-order valence-electron chi connectivity index (χ2n) is 7.59. The van der Waals surface area contributed by atoms with Crippen LogP contribution in [0.5, 0.6) is 0 Å². The van der Waals surface area contributed by atoms with Crippen molar-refractivity contribution < 1.29 is 16.8 Å². The lowest BCUT2D eigenvalue weighted by Gasteiger charge is -2.15. The SMILES string of the molecule is CNS(=O)(=O)c1ccc(S(=O)(=O)CC(C)C)c(Nc2cc(Nc3ccc(Cl)cc3)ncn2)c1. The lowest BCUT2D eigenvalue weighted by Crippen LogP contribution is -2.19. The van der Waals surface area contributed by atoms with E-state index >= 15 is 0 Å². The minimum absolute atomic E-state index is 0.0166.